The zero-order valence-electron chi connectivity index (χ0n) is 25.6. The van der Waals surface area contributed by atoms with Gasteiger partial charge in [-0.25, -0.2) is 9.78 Å². The van der Waals surface area contributed by atoms with Crippen molar-refractivity contribution >= 4 is 61.8 Å². The Balaban J connectivity index is 1.54. The van der Waals surface area contributed by atoms with Gasteiger partial charge < -0.3 is 9.84 Å². The summed E-state index contributed by atoms with van der Waals surface area (Å²) in [6.45, 7) is 10.2. The van der Waals surface area contributed by atoms with Gasteiger partial charge >= 0.3 is 5.97 Å². The molecule has 228 valence electrons. The van der Waals surface area contributed by atoms with Crippen molar-refractivity contribution in [2.45, 2.75) is 59.2 Å². The number of anilines is 1. The molecule has 1 aliphatic rings. The van der Waals surface area contributed by atoms with Crippen LogP contribution in [0.5, 0.6) is 0 Å². The van der Waals surface area contributed by atoms with Crippen LogP contribution in [0, 0.1) is 12.8 Å². The molecule has 6 rings (SSSR count). The van der Waals surface area contributed by atoms with Gasteiger partial charge in [0.25, 0.3) is 0 Å². The minimum atomic E-state index is -1.19. The molecule has 1 aliphatic heterocycles. The SMILES string of the molecule is Cc1cc2nc(-c3ccc4c(c3)c(N3CCC(C)CC3=O)nn4C)sc2c(-c2ccc(Cl)cc2)c1[C@H](OC(C)(C)C)C(=O)O. The lowest BCUT2D eigenvalue weighted by Gasteiger charge is -2.28. The number of aryl methyl sites for hydroxylation is 2. The molecule has 1 N–H and O–H groups in total. The van der Waals surface area contributed by atoms with Crippen molar-refractivity contribution in [3.8, 4) is 21.7 Å². The number of carboxylic acids is 1. The number of thiazole rings is 1. The average molecular weight is 631 g/mol. The van der Waals surface area contributed by atoms with Crippen LogP contribution < -0.4 is 4.90 Å². The number of aromatic nitrogens is 3. The summed E-state index contributed by atoms with van der Waals surface area (Å²) in [4.78, 5) is 32.5. The number of nitrogens with zero attached hydrogens (tertiary/aromatic N) is 4. The number of halogens is 1. The second-order valence-corrected chi connectivity index (χ2v) is 14.1. The first-order valence-corrected chi connectivity index (χ1v) is 15.9. The Bertz CT molecular complexity index is 1920. The molecule has 10 heteroatoms. The van der Waals surface area contributed by atoms with Crippen LogP contribution in [0.25, 0.3) is 42.8 Å². The van der Waals surface area contributed by atoms with Crippen LogP contribution >= 0.6 is 22.9 Å². The topological polar surface area (TPSA) is 97.5 Å². The number of carboxylic acid groups (broad SMARTS) is 1. The van der Waals surface area contributed by atoms with E-state index in [-0.39, 0.29) is 5.91 Å². The number of fused-ring (bicyclic) bond motifs is 2. The fraction of sp³-hybridized carbons (Fsp3) is 0.353. The number of hydrogen-bond donors (Lipinski definition) is 1. The molecule has 44 heavy (non-hydrogen) atoms. The van der Waals surface area contributed by atoms with Gasteiger partial charge in [-0.1, -0.05) is 30.7 Å². The molecule has 2 atom stereocenters. The van der Waals surface area contributed by atoms with E-state index in [4.69, 9.17) is 26.4 Å². The third-order valence-electron chi connectivity index (χ3n) is 8.02. The van der Waals surface area contributed by atoms with E-state index in [1.165, 1.54) is 11.3 Å². The highest BCUT2D eigenvalue weighted by Gasteiger charge is 2.33. The van der Waals surface area contributed by atoms with Gasteiger partial charge in [0.1, 0.15) is 5.01 Å². The molecule has 1 amide bonds. The Morgan fingerprint density at radius 2 is 1.84 bits per heavy atom. The van der Waals surface area contributed by atoms with E-state index < -0.39 is 17.7 Å². The van der Waals surface area contributed by atoms with Gasteiger partial charge in [-0.15, -0.1) is 11.3 Å². The number of amides is 1. The normalized spacial score (nSPS) is 16.7. The van der Waals surface area contributed by atoms with Crippen molar-refractivity contribution in [2.75, 3.05) is 11.4 Å². The molecule has 0 aliphatic carbocycles. The van der Waals surface area contributed by atoms with Crippen molar-refractivity contribution in [1.29, 1.82) is 0 Å². The Kier molecular flexibility index (Phi) is 7.76. The first-order valence-electron chi connectivity index (χ1n) is 14.7. The van der Waals surface area contributed by atoms with Gasteiger partial charge in [0.05, 0.1) is 21.3 Å². The maximum atomic E-state index is 13.0. The number of carbonyl (C=O) groups excluding carboxylic acids is 1. The largest absolute Gasteiger partial charge is 0.479 e. The lowest BCUT2D eigenvalue weighted by atomic mass is 9.91. The van der Waals surface area contributed by atoms with Crippen molar-refractivity contribution in [3.63, 3.8) is 0 Å². The fourth-order valence-corrected chi connectivity index (χ4v) is 7.20. The van der Waals surface area contributed by atoms with Crippen molar-refractivity contribution in [3.05, 3.63) is 64.7 Å². The van der Waals surface area contributed by atoms with Gasteiger partial charge in [-0.2, -0.15) is 5.10 Å². The smallest absolute Gasteiger partial charge is 0.337 e. The monoisotopic (exact) mass is 630 g/mol. The van der Waals surface area contributed by atoms with Crippen LogP contribution in [-0.2, 0) is 21.4 Å². The van der Waals surface area contributed by atoms with Gasteiger partial charge in [0, 0.05) is 47.1 Å². The number of ether oxygens (including phenoxy) is 1. The molecule has 8 nitrogen and oxygen atoms in total. The predicted molar refractivity (Wildman–Crippen MR) is 176 cm³/mol. The van der Waals surface area contributed by atoms with E-state index in [1.807, 2.05) is 69.8 Å². The molecular formula is C34H35ClN4O4S. The standard InChI is InChI=1S/C34H35ClN4O4S/c1-18-13-14-39(26(40)15-18)31-23-17-21(9-12-25(23)38(6)37-31)32-36-24-16-19(2)27(29(33(41)42)43-34(3,4)5)28(30(24)44-32)20-7-10-22(35)11-8-20/h7-12,16-18,29H,13-15H2,1-6H3,(H,41,42)/t18?,29-/m0/s1. The molecule has 0 bridgehead atoms. The number of benzene rings is 3. The fourth-order valence-electron chi connectivity index (χ4n) is 5.95. The Labute approximate surface area is 265 Å². The molecule has 0 saturated carbocycles. The summed E-state index contributed by atoms with van der Waals surface area (Å²) in [5, 5.41) is 17.4. The van der Waals surface area contributed by atoms with Crippen LogP contribution in [0.2, 0.25) is 5.02 Å². The van der Waals surface area contributed by atoms with Crippen LogP contribution in [-0.4, -0.2) is 43.9 Å². The highest BCUT2D eigenvalue weighted by molar-refractivity contribution is 7.22. The molecule has 3 heterocycles. The lowest BCUT2D eigenvalue weighted by Crippen LogP contribution is -2.38. The van der Waals surface area contributed by atoms with Crippen molar-refractivity contribution < 1.29 is 19.4 Å². The number of hydrogen-bond acceptors (Lipinski definition) is 6. The van der Waals surface area contributed by atoms with E-state index in [2.05, 4.69) is 13.0 Å². The third-order valence-corrected chi connectivity index (χ3v) is 9.41. The minimum absolute atomic E-state index is 0.0928. The average Bonchev–Trinajstić information content (AvgIpc) is 3.51. The Hall–Kier alpha value is -3.79. The number of rotatable bonds is 6. The summed E-state index contributed by atoms with van der Waals surface area (Å²) in [5.41, 5.74) is 4.88. The van der Waals surface area contributed by atoms with Gasteiger partial charge in [-0.05, 0) is 87.6 Å². The van der Waals surface area contributed by atoms with E-state index >= 15 is 0 Å². The van der Waals surface area contributed by atoms with Crippen molar-refractivity contribution in [2.24, 2.45) is 13.0 Å². The first-order chi connectivity index (χ1) is 20.8. The number of aliphatic carboxylic acids is 1. The summed E-state index contributed by atoms with van der Waals surface area (Å²) in [5.74, 6) is 0.0736. The summed E-state index contributed by atoms with van der Waals surface area (Å²) < 4.78 is 8.82. The highest BCUT2D eigenvalue weighted by atomic mass is 35.5. The molecule has 1 saturated heterocycles. The molecule has 2 aromatic heterocycles. The lowest BCUT2D eigenvalue weighted by molar-refractivity contribution is -0.160. The zero-order chi connectivity index (χ0) is 31.5. The molecule has 3 aromatic carbocycles. The number of piperidine rings is 1. The Morgan fingerprint density at radius 1 is 1.14 bits per heavy atom. The zero-order valence-corrected chi connectivity index (χ0v) is 27.2. The molecule has 0 spiro atoms. The highest BCUT2D eigenvalue weighted by Crippen LogP contribution is 2.45. The van der Waals surface area contributed by atoms with E-state index in [0.29, 0.717) is 35.3 Å². The number of carbonyl (C=O) groups is 2. The van der Waals surface area contributed by atoms with Gasteiger partial charge in [-0.3, -0.25) is 14.4 Å². The maximum absolute atomic E-state index is 13.0. The van der Waals surface area contributed by atoms with Crippen molar-refractivity contribution in [1.82, 2.24) is 14.8 Å². The summed E-state index contributed by atoms with van der Waals surface area (Å²) in [7, 11) is 1.89. The van der Waals surface area contributed by atoms with Gasteiger partial charge in [0.15, 0.2) is 11.9 Å². The summed E-state index contributed by atoms with van der Waals surface area (Å²) >= 11 is 7.75. The van der Waals surface area contributed by atoms with Crippen LogP contribution in [0.4, 0.5) is 5.82 Å². The van der Waals surface area contributed by atoms with E-state index in [9.17, 15) is 14.7 Å². The second-order valence-electron chi connectivity index (χ2n) is 12.6. The quantitative estimate of drug-likeness (QED) is 0.203. The predicted octanol–water partition coefficient (Wildman–Crippen LogP) is 8.18. The maximum Gasteiger partial charge on any atom is 0.337 e. The summed E-state index contributed by atoms with van der Waals surface area (Å²) in [6.07, 6.45) is 0.267. The molecule has 1 unspecified atom stereocenters. The third kappa shape index (κ3) is 5.60. The Morgan fingerprint density at radius 3 is 2.50 bits per heavy atom. The van der Waals surface area contributed by atoms with E-state index in [1.54, 1.807) is 17.0 Å². The minimum Gasteiger partial charge on any atom is -0.479 e. The molecule has 1 fully saturated rings. The van der Waals surface area contributed by atoms with Gasteiger partial charge in [0.2, 0.25) is 5.91 Å². The van der Waals surface area contributed by atoms with E-state index in [0.717, 1.165) is 54.8 Å². The van der Waals surface area contributed by atoms with Crippen LogP contribution in [0.3, 0.4) is 0 Å². The molecular weight excluding hydrogens is 596 g/mol. The molecule has 5 aromatic rings. The molecule has 0 radical (unpaired) electrons. The summed E-state index contributed by atoms with van der Waals surface area (Å²) in [6, 6.07) is 15.4. The van der Waals surface area contributed by atoms with Crippen LogP contribution in [0.15, 0.2) is 48.5 Å². The van der Waals surface area contributed by atoms with Crippen LogP contribution in [0.1, 0.15) is 57.8 Å². The first kappa shape index (κ1) is 30.2. The second kappa shape index (κ2) is 11.3.